The smallest absolute Gasteiger partial charge is 0.321 e. The van der Waals surface area contributed by atoms with Gasteiger partial charge in [-0.2, -0.15) is 0 Å². The number of halogens is 1. The minimum atomic E-state index is -3.84. The molecular weight excluding hydrogens is 369 g/mol. The molecule has 0 fully saturated rings. The van der Waals surface area contributed by atoms with Gasteiger partial charge in [-0.05, 0) is 56.7 Å². The molecule has 2 amide bonds. The Labute approximate surface area is 159 Å². The van der Waals surface area contributed by atoms with E-state index in [0.717, 1.165) is 11.6 Å². The summed E-state index contributed by atoms with van der Waals surface area (Å²) in [6.07, 6.45) is 0. The number of nitrogens with zero attached hydrogens (tertiary/aromatic N) is 1. The fourth-order valence-electron chi connectivity index (χ4n) is 2.57. The van der Waals surface area contributed by atoms with E-state index in [2.05, 4.69) is 10.0 Å². The predicted octanol–water partition coefficient (Wildman–Crippen LogP) is 3.74. The highest BCUT2D eigenvalue weighted by atomic mass is 32.2. The van der Waals surface area contributed by atoms with Crippen LogP contribution in [0, 0.1) is 5.82 Å². The first-order chi connectivity index (χ1) is 12.8. The molecule has 0 aliphatic rings. The Bertz CT molecular complexity index is 881. The average Bonchev–Trinajstić information content (AvgIpc) is 2.63. The summed E-state index contributed by atoms with van der Waals surface area (Å²) in [5.41, 5.74) is 1.34. The molecule has 0 heterocycles. The summed E-state index contributed by atoms with van der Waals surface area (Å²) in [7, 11) is -3.84. The number of carbonyl (C=O) groups is 1. The molecule has 2 aromatic rings. The molecule has 146 valence electrons. The van der Waals surface area contributed by atoms with E-state index in [1.54, 1.807) is 36.1 Å². The third kappa shape index (κ3) is 5.51. The second-order valence-electron chi connectivity index (χ2n) is 6.02. The Hall–Kier alpha value is -2.45. The number of hydrogen-bond acceptors (Lipinski definition) is 3. The van der Waals surface area contributed by atoms with E-state index in [4.69, 9.17) is 0 Å². The van der Waals surface area contributed by atoms with Crippen LogP contribution in [0.15, 0.2) is 53.4 Å². The van der Waals surface area contributed by atoms with E-state index in [9.17, 15) is 17.6 Å². The van der Waals surface area contributed by atoms with Crippen molar-refractivity contribution in [2.45, 2.75) is 31.7 Å². The minimum Gasteiger partial charge on any atom is -0.325 e. The maximum Gasteiger partial charge on any atom is 0.321 e. The van der Waals surface area contributed by atoms with Gasteiger partial charge in [0.2, 0.25) is 10.0 Å². The van der Waals surface area contributed by atoms with Crippen molar-refractivity contribution in [2.24, 2.45) is 0 Å². The maximum absolute atomic E-state index is 13.3. The van der Waals surface area contributed by atoms with Gasteiger partial charge in [0.25, 0.3) is 0 Å². The molecule has 2 N–H and O–H groups in total. The third-order valence-corrected chi connectivity index (χ3v) is 5.69. The molecule has 8 heteroatoms. The van der Waals surface area contributed by atoms with Crippen molar-refractivity contribution in [2.75, 3.05) is 18.4 Å². The summed E-state index contributed by atoms with van der Waals surface area (Å²) in [4.78, 5) is 13.6. The van der Waals surface area contributed by atoms with Crippen molar-refractivity contribution in [1.29, 1.82) is 0 Å². The van der Waals surface area contributed by atoms with Crippen molar-refractivity contribution >= 4 is 21.7 Å². The van der Waals surface area contributed by atoms with Gasteiger partial charge in [0.15, 0.2) is 0 Å². The number of nitrogens with one attached hydrogen (secondary N) is 2. The van der Waals surface area contributed by atoms with E-state index < -0.39 is 21.9 Å². The van der Waals surface area contributed by atoms with Crippen LogP contribution in [0.25, 0.3) is 0 Å². The lowest BCUT2D eigenvalue weighted by Crippen LogP contribution is -2.34. The summed E-state index contributed by atoms with van der Waals surface area (Å²) in [5.74, 6) is -0.612. The molecule has 1 atom stereocenters. The topological polar surface area (TPSA) is 78.5 Å². The van der Waals surface area contributed by atoms with Crippen LogP contribution in [0.1, 0.15) is 32.4 Å². The van der Waals surface area contributed by atoms with Gasteiger partial charge in [-0.3, -0.25) is 0 Å². The summed E-state index contributed by atoms with van der Waals surface area (Å²) in [5, 5.41) is 2.80. The van der Waals surface area contributed by atoms with Crippen molar-refractivity contribution in [3.63, 3.8) is 0 Å². The number of carbonyl (C=O) groups excluding carboxylic acids is 1. The van der Waals surface area contributed by atoms with Gasteiger partial charge in [0.05, 0.1) is 4.90 Å². The largest absolute Gasteiger partial charge is 0.325 e. The summed E-state index contributed by atoms with van der Waals surface area (Å²) >= 11 is 0. The summed E-state index contributed by atoms with van der Waals surface area (Å²) < 4.78 is 40.6. The molecule has 0 saturated heterocycles. The van der Waals surface area contributed by atoms with E-state index in [-0.39, 0.29) is 10.9 Å². The Morgan fingerprint density at radius 3 is 2.30 bits per heavy atom. The van der Waals surface area contributed by atoms with Crippen LogP contribution in [-0.4, -0.2) is 32.4 Å². The van der Waals surface area contributed by atoms with Crippen LogP contribution < -0.4 is 10.0 Å². The quantitative estimate of drug-likeness (QED) is 0.752. The molecule has 6 nitrogen and oxygen atoms in total. The molecule has 27 heavy (non-hydrogen) atoms. The zero-order chi connectivity index (χ0) is 20.0. The van der Waals surface area contributed by atoms with Crippen LogP contribution in [0.4, 0.5) is 14.9 Å². The second kappa shape index (κ2) is 8.96. The number of benzene rings is 2. The first-order valence-electron chi connectivity index (χ1n) is 8.70. The van der Waals surface area contributed by atoms with Gasteiger partial charge >= 0.3 is 6.03 Å². The molecule has 2 rings (SSSR count). The lowest BCUT2D eigenvalue weighted by atomic mass is 10.1. The monoisotopic (exact) mass is 393 g/mol. The molecule has 0 saturated carbocycles. The van der Waals surface area contributed by atoms with Crippen LogP contribution >= 0.6 is 0 Å². The highest BCUT2D eigenvalue weighted by molar-refractivity contribution is 7.89. The zero-order valence-corrected chi connectivity index (χ0v) is 16.4. The fourth-order valence-corrected chi connectivity index (χ4v) is 3.83. The Balaban J connectivity index is 2.07. The van der Waals surface area contributed by atoms with Crippen molar-refractivity contribution in [3.8, 4) is 0 Å². The molecule has 0 aliphatic heterocycles. The molecule has 0 unspecified atom stereocenters. The van der Waals surface area contributed by atoms with E-state index in [1.165, 1.54) is 18.2 Å². The molecule has 0 spiro atoms. The summed E-state index contributed by atoms with van der Waals surface area (Å²) in [6.45, 7) is 6.72. The number of anilines is 1. The molecule has 0 aromatic heterocycles. The Morgan fingerprint density at radius 2 is 1.74 bits per heavy atom. The van der Waals surface area contributed by atoms with Crippen molar-refractivity contribution in [1.82, 2.24) is 9.62 Å². The van der Waals surface area contributed by atoms with Gasteiger partial charge in [-0.25, -0.2) is 22.3 Å². The van der Waals surface area contributed by atoms with E-state index in [1.807, 2.05) is 13.8 Å². The second-order valence-corrected chi connectivity index (χ2v) is 7.74. The van der Waals surface area contributed by atoms with Gasteiger partial charge in [-0.15, -0.1) is 0 Å². The zero-order valence-electron chi connectivity index (χ0n) is 15.6. The maximum atomic E-state index is 13.3. The number of sulfonamides is 1. The van der Waals surface area contributed by atoms with Crippen LogP contribution in [0.3, 0.4) is 0 Å². The number of hydrogen-bond donors (Lipinski definition) is 2. The van der Waals surface area contributed by atoms with Crippen molar-refractivity contribution < 1.29 is 17.6 Å². The van der Waals surface area contributed by atoms with E-state index >= 15 is 0 Å². The van der Waals surface area contributed by atoms with Gasteiger partial charge in [0, 0.05) is 24.8 Å². The highest BCUT2D eigenvalue weighted by Crippen LogP contribution is 2.19. The SMILES string of the molecule is CCN(CC)C(=O)Nc1ccc([C@H](C)NS(=O)(=O)c2cccc(F)c2)cc1. The third-order valence-electron chi connectivity index (χ3n) is 4.15. The van der Waals surface area contributed by atoms with Crippen molar-refractivity contribution in [3.05, 3.63) is 59.9 Å². The Kier molecular flexibility index (Phi) is 6.92. The van der Waals surface area contributed by atoms with Crippen LogP contribution in [0.5, 0.6) is 0 Å². The normalized spacial score (nSPS) is 12.4. The first kappa shape index (κ1) is 20.9. The van der Waals surface area contributed by atoms with E-state index in [0.29, 0.717) is 18.8 Å². The van der Waals surface area contributed by atoms with Crippen LogP contribution in [-0.2, 0) is 10.0 Å². The minimum absolute atomic E-state index is 0.127. The molecule has 0 radical (unpaired) electrons. The van der Waals surface area contributed by atoms with Crippen LogP contribution in [0.2, 0.25) is 0 Å². The molecule has 0 bridgehead atoms. The lowest BCUT2D eigenvalue weighted by molar-refractivity contribution is 0.217. The number of amides is 2. The number of rotatable bonds is 7. The lowest BCUT2D eigenvalue weighted by Gasteiger charge is -2.19. The average molecular weight is 393 g/mol. The van der Waals surface area contributed by atoms with Gasteiger partial charge in [0.1, 0.15) is 5.82 Å². The molecule has 0 aliphatic carbocycles. The first-order valence-corrected chi connectivity index (χ1v) is 10.2. The van der Waals surface area contributed by atoms with Gasteiger partial charge < -0.3 is 10.2 Å². The highest BCUT2D eigenvalue weighted by Gasteiger charge is 2.19. The predicted molar refractivity (Wildman–Crippen MR) is 104 cm³/mol. The molecule has 2 aromatic carbocycles. The fraction of sp³-hybridized carbons (Fsp3) is 0.316. The van der Waals surface area contributed by atoms with Gasteiger partial charge in [-0.1, -0.05) is 18.2 Å². The number of urea groups is 1. The summed E-state index contributed by atoms with van der Waals surface area (Å²) in [6, 6.07) is 11.0. The standard InChI is InChI=1S/C19H24FN3O3S/c1-4-23(5-2)19(24)21-17-11-9-15(10-12-17)14(3)22-27(25,26)18-8-6-7-16(20)13-18/h6-14,22H,4-5H2,1-3H3,(H,21,24)/t14-/m0/s1. The Morgan fingerprint density at radius 1 is 1.11 bits per heavy atom. The molecular formula is C19H24FN3O3S.